The average molecular weight is 498 g/mol. The van der Waals surface area contributed by atoms with Crippen LogP contribution >= 0.6 is 0 Å². The number of nitrogens with one attached hydrogen (secondary N) is 1. The number of carbonyl (C=O) groups excluding carboxylic acids is 1. The maximum Gasteiger partial charge on any atom is 0.316 e. The molecule has 0 spiro atoms. The molecule has 5 rings (SSSR count). The Morgan fingerprint density at radius 3 is 2.46 bits per heavy atom. The second-order valence-corrected chi connectivity index (χ2v) is 9.67. The van der Waals surface area contributed by atoms with Gasteiger partial charge < -0.3 is 11.1 Å². The Bertz CT molecular complexity index is 1430. The summed E-state index contributed by atoms with van der Waals surface area (Å²) in [7, 11) is 0. The molecule has 1 aromatic heterocycles. The lowest BCUT2D eigenvalue weighted by Crippen LogP contribution is -2.34. The number of hydrogen-bond donors (Lipinski definition) is 2. The van der Waals surface area contributed by atoms with E-state index in [1.165, 1.54) is 11.6 Å². The summed E-state index contributed by atoms with van der Waals surface area (Å²) in [4.78, 5) is 13.8. The maximum absolute atomic E-state index is 15.7. The number of hydrogen-bond acceptors (Lipinski definition) is 3. The number of nitrogens with two attached hydrogens (primary N) is 1. The highest BCUT2D eigenvalue weighted by molar-refractivity contribution is 5.88. The molecule has 1 aliphatic rings. The fraction of sp³-hybridized carbons (Fsp3) is 0.267. The summed E-state index contributed by atoms with van der Waals surface area (Å²) in [6, 6.07) is 20.9. The Hall–Kier alpha value is -3.97. The summed E-state index contributed by atoms with van der Waals surface area (Å²) in [6.45, 7) is 7.87. The van der Waals surface area contributed by atoms with Gasteiger partial charge in [-0.1, -0.05) is 55.5 Å². The van der Waals surface area contributed by atoms with E-state index >= 15 is 4.39 Å². The van der Waals surface area contributed by atoms with Crippen molar-refractivity contribution in [1.82, 2.24) is 14.7 Å². The zero-order valence-electron chi connectivity index (χ0n) is 21.5. The quantitative estimate of drug-likeness (QED) is 0.328. The number of urea groups is 1. The van der Waals surface area contributed by atoms with Crippen molar-refractivity contribution in [3.05, 3.63) is 100 Å². The van der Waals surface area contributed by atoms with Gasteiger partial charge in [0.2, 0.25) is 0 Å². The van der Waals surface area contributed by atoms with E-state index in [2.05, 4.69) is 67.4 Å². The van der Waals surface area contributed by atoms with Crippen LogP contribution in [-0.4, -0.2) is 27.3 Å². The van der Waals surface area contributed by atoms with Crippen LogP contribution in [0.4, 0.5) is 14.9 Å². The van der Waals surface area contributed by atoms with Gasteiger partial charge in [-0.05, 0) is 55.2 Å². The molecule has 6 nitrogen and oxygen atoms in total. The molecule has 1 aliphatic heterocycles. The Morgan fingerprint density at radius 2 is 1.81 bits per heavy atom. The number of fused-ring (bicyclic) bond motifs is 1. The van der Waals surface area contributed by atoms with E-state index in [0.29, 0.717) is 17.8 Å². The molecule has 3 aromatic carbocycles. The molecule has 0 radical (unpaired) electrons. The Labute approximate surface area is 216 Å². The van der Waals surface area contributed by atoms with Crippen LogP contribution < -0.4 is 11.1 Å². The highest BCUT2D eigenvalue weighted by atomic mass is 19.1. The van der Waals surface area contributed by atoms with Crippen LogP contribution in [-0.2, 0) is 13.0 Å². The molecule has 0 saturated heterocycles. The van der Waals surface area contributed by atoms with E-state index < -0.39 is 11.8 Å². The molecule has 7 heteroatoms. The highest BCUT2D eigenvalue weighted by Gasteiger charge is 2.31. The third-order valence-corrected chi connectivity index (χ3v) is 7.22. The van der Waals surface area contributed by atoms with Crippen LogP contribution in [0.3, 0.4) is 0 Å². The van der Waals surface area contributed by atoms with Crippen LogP contribution in [0.15, 0.2) is 66.7 Å². The predicted molar refractivity (Wildman–Crippen MR) is 145 cm³/mol. The van der Waals surface area contributed by atoms with E-state index in [9.17, 15) is 4.79 Å². The number of benzene rings is 3. The molecule has 2 amide bonds. The fourth-order valence-corrected chi connectivity index (χ4v) is 5.55. The van der Waals surface area contributed by atoms with E-state index in [0.717, 1.165) is 53.2 Å². The van der Waals surface area contributed by atoms with E-state index in [4.69, 9.17) is 10.8 Å². The van der Waals surface area contributed by atoms with Gasteiger partial charge >= 0.3 is 6.03 Å². The number of para-hydroxylation sites is 1. The summed E-state index contributed by atoms with van der Waals surface area (Å²) >= 11 is 0. The number of rotatable bonds is 6. The van der Waals surface area contributed by atoms with Gasteiger partial charge in [0.25, 0.3) is 0 Å². The standard InChI is InChI=1S/C30H32FN5O/c1-4-27(21-11-6-5-7-12-21)35-16-15-26-24(18-35)29(23-14-13-22(17-25(23)31)33-30(32)37)36(34-26)28-19(2)9-8-10-20(28)3/h5-14,17,27H,4,15-16,18H2,1-3H3,(H3,32,33,37)/t27-/m0/s1. The molecule has 0 bridgehead atoms. The van der Waals surface area contributed by atoms with Gasteiger partial charge in [-0.25, -0.2) is 13.9 Å². The third-order valence-electron chi connectivity index (χ3n) is 7.22. The van der Waals surface area contributed by atoms with Gasteiger partial charge in [0, 0.05) is 42.4 Å². The van der Waals surface area contributed by atoms with Crippen LogP contribution in [0.5, 0.6) is 0 Å². The molecule has 2 heterocycles. The topological polar surface area (TPSA) is 76.2 Å². The van der Waals surface area contributed by atoms with Crippen molar-refractivity contribution in [2.24, 2.45) is 5.73 Å². The molecular weight excluding hydrogens is 465 g/mol. The number of amides is 2. The maximum atomic E-state index is 15.7. The lowest BCUT2D eigenvalue weighted by atomic mass is 9.95. The van der Waals surface area contributed by atoms with Crippen LogP contribution in [0.25, 0.3) is 16.9 Å². The first kappa shape index (κ1) is 24.7. The minimum Gasteiger partial charge on any atom is -0.351 e. The van der Waals surface area contributed by atoms with Crippen molar-refractivity contribution >= 4 is 11.7 Å². The SMILES string of the molecule is CC[C@@H](c1ccccc1)N1CCc2nn(-c3c(C)cccc3C)c(-c3ccc(NC(N)=O)cc3F)c2C1. The number of carbonyl (C=O) groups is 1. The van der Waals surface area contributed by atoms with Gasteiger partial charge in [0.15, 0.2) is 0 Å². The van der Waals surface area contributed by atoms with Crippen molar-refractivity contribution in [2.45, 2.75) is 46.2 Å². The fourth-order valence-electron chi connectivity index (χ4n) is 5.55. The van der Waals surface area contributed by atoms with Crippen LogP contribution in [0.2, 0.25) is 0 Å². The number of anilines is 1. The van der Waals surface area contributed by atoms with E-state index in [1.807, 2.05) is 16.8 Å². The smallest absolute Gasteiger partial charge is 0.316 e. The van der Waals surface area contributed by atoms with Crippen molar-refractivity contribution in [1.29, 1.82) is 0 Å². The van der Waals surface area contributed by atoms with Gasteiger partial charge in [0.05, 0.1) is 17.1 Å². The first-order chi connectivity index (χ1) is 17.9. The lowest BCUT2D eigenvalue weighted by Gasteiger charge is -2.34. The second-order valence-electron chi connectivity index (χ2n) is 9.67. The Kier molecular flexibility index (Phi) is 6.80. The molecule has 3 N–H and O–H groups in total. The number of halogens is 1. The number of aromatic nitrogens is 2. The summed E-state index contributed by atoms with van der Waals surface area (Å²) in [5, 5.41) is 7.52. The van der Waals surface area contributed by atoms with Crippen molar-refractivity contribution < 1.29 is 9.18 Å². The number of nitrogens with zero attached hydrogens (tertiary/aromatic N) is 3. The number of aryl methyl sites for hydroxylation is 2. The molecule has 0 saturated carbocycles. The minimum absolute atomic E-state index is 0.262. The second kappa shape index (κ2) is 10.2. The Balaban J connectivity index is 1.66. The molecule has 0 unspecified atom stereocenters. The van der Waals surface area contributed by atoms with Gasteiger partial charge in [-0.15, -0.1) is 0 Å². The molecule has 0 aliphatic carbocycles. The van der Waals surface area contributed by atoms with Crippen molar-refractivity contribution in [3.8, 4) is 16.9 Å². The highest BCUT2D eigenvalue weighted by Crippen LogP contribution is 2.38. The van der Waals surface area contributed by atoms with Gasteiger partial charge in [-0.2, -0.15) is 5.10 Å². The summed E-state index contributed by atoms with van der Waals surface area (Å²) < 4.78 is 17.6. The van der Waals surface area contributed by atoms with Crippen molar-refractivity contribution in [2.75, 3.05) is 11.9 Å². The van der Waals surface area contributed by atoms with Crippen LogP contribution in [0, 0.1) is 19.7 Å². The molecule has 4 aromatic rings. The summed E-state index contributed by atoms with van der Waals surface area (Å²) in [6.07, 6.45) is 1.76. The summed E-state index contributed by atoms with van der Waals surface area (Å²) in [5.41, 5.74) is 13.2. The first-order valence-electron chi connectivity index (χ1n) is 12.7. The van der Waals surface area contributed by atoms with Gasteiger partial charge in [0.1, 0.15) is 5.82 Å². The molecule has 37 heavy (non-hydrogen) atoms. The minimum atomic E-state index is -0.729. The predicted octanol–water partition coefficient (Wildman–Crippen LogP) is 6.30. The lowest BCUT2D eigenvalue weighted by molar-refractivity contribution is 0.174. The number of primary amides is 1. The average Bonchev–Trinajstić information content (AvgIpc) is 3.23. The van der Waals surface area contributed by atoms with Crippen LogP contribution in [0.1, 0.15) is 47.3 Å². The molecule has 190 valence electrons. The van der Waals surface area contributed by atoms with Gasteiger partial charge in [-0.3, -0.25) is 4.90 Å². The Morgan fingerprint density at radius 1 is 1.08 bits per heavy atom. The van der Waals surface area contributed by atoms with E-state index in [1.54, 1.807) is 12.1 Å². The zero-order chi connectivity index (χ0) is 26.1. The zero-order valence-corrected chi connectivity index (χ0v) is 21.5. The van der Waals surface area contributed by atoms with Crippen molar-refractivity contribution in [3.63, 3.8) is 0 Å². The normalized spacial score (nSPS) is 14.3. The monoisotopic (exact) mass is 497 g/mol. The summed E-state index contributed by atoms with van der Waals surface area (Å²) in [5.74, 6) is -0.436. The largest absolute Gasteiger partial charge is 0.351 e. The third kappa shape index (κ3) is 4.74. The molecule has 1 atom stereocenters. The van der Waals surface area contributed by atoms with E-state index in [-0.39, 0.29) is 6.04 Å². The first-order valence-corrected chi connectivity index (χ1v) is 12.7. The molecular formula is C30H32FN5O. The molecule has 0 fully saturated rings.